The van der Waals surface area contributed by atoms with Crippen molar-refractivity contribution < 1.29 is 0 Å². The molecule has 0 amide bonds. The minimum atomic E-state index is 0.481. The Labute approximate surface area is 121 Å². The van der Waals surface area contributed by atoms with Crippen LogP contribution in [0.1, 0.15) is 38.2 Å². The van der Waals surface area contributed by atoms with Gasteiger partial charge in [-0.2, -0.15) is 0 Å². The maximum Gasteiger partial charge on any atom is 0.0349 e. The minimum Gasteiger partial charge on any atom is -0.330 e. The van der Waals surface area contributed by atoms with E-state index in [2.05, 4.69) is 29.9 Å². The predicted octanol–water partition coefficient (Wildman–Crippen LogP) is 3.62. The first-order valence-electron chi connectivity index (χ1n) is 7.32. The van der Waals surface area contributed by atoms with Crippen molar-refractivity contribution in [2.24, 2.45) is 11.7 Å². The molecule has 0 saturated heterocycles. The SMILES string of the molecule is CCC(CCN)C(C)c1ccncc1-c1ccncc1. The second-order valence-corrected chi connectivity index (χ2v) is 5.23. The number of pyridine rings is 2. The van der Waals surface area contributed by atoms with Crippen LogP contribution in [0.15, 0.2) is 43.0 Å². The second kappa shape index (κ2) is 7.15. The topological polar surface area (TPSA) is 51.8 Å². The monoisotopic (exact) mass is 269 g/mol. The van der Waals surface area contributed by atoms with Crippen LogP contribution in [0, 0.1) is 5.92 Å². The van der Waals surface area contributed by atoms with Gasteiger partial charge in [0.05, 0.1) is 0 Å². The minimum absolute atomic E-state index is 0.481. The van der Waals surface area contributed by atoms with Gasteiger partial charge in [0.1, 0.15) is 0 Å². The summed E-state index contributed by atoms with van der Waals surface area (Å²) >= 11 is 0. The number of nitrogens with zero attached hydrogens (tertiary/aromatic N) is 2. The van der Waals surface area contributed by atoms with Gasteiger partial charge >= 0.3 is 0 Å². The van der Waals surface area contributed by atoms with Crippen LogP contribution in [0.5, 0.6) is 0 Å². The lowest BCUT2D eigenvalue weighted by Crippen LogP contribution is -2.15. The number of rotatable bonds is 6. The predicted molar refractivity (Wildman–Crippen MR) is 83.3 cm³/mol. The van der Waals surface area contributed by atoms with Gasteiger partial charge in [0.25, 0.3) is 0 Å². The van der Waals surface area contributed by atoms with Crippen LogP contribution in [0.2, 0.25) is 0 Å². The quantitative estimate of drug-likeness (QED) is 0.871. The molecule has 0 aliphatic carbocycles. The fourth-order valence-electron chi connectivity index (χ4n) is 2.85. The van der Waals surface area contributed by atoms with Crippen LogP contribution < -0.4 is 5.73 Å². The van der Waals surface area contributed by atoms with E-state index >= 15 is 0 Å². The molecule has 0 saturated carbocycles. The lowest BCUT2D eigenvalue weighted by molar-refractivity contribution is 0.408. The van der Waals surface area contributed by atoms with Crippen LogP contribution in [0.25, 0.3) is 11.1 Å². The van der Waals surface area contributed by atoms with Crippen LogP contribution in [-0.4, -0.2) is 16.5 Å². The fraction of sp³-hybridized carbons (Fsp3) is 0.412. The van der Waals surface area contributed by atoms with Crippen molar-refractivity contribution in [1.82, 2.24) is 9.97 Å². The van der Waals surface area contributed by atoms with E-state index in [4.69, 9.17) is 5.73 Å². The highest BCUT2D eigenvalue weighted by Gasteiger charge is 2.19. The summed E-state index contributed by atoms with van der Waals surface area (Å²) in [4.78, 5) is 8.38. The van der Waals surface area contributed by atoms with E-state index in [1.165, 1.54) is 16.7 Å². The molecule has 0 aromatic carbocycles. The molecule has 0 radical (unpaired) electrons. The van der Waals surface area contributed by atoms with Crippen LogP contribution in [0.4, 0.5) is 0 Å². The zero-order valence-corrected chi connectivity index (χ0v) is 12.3. The van der Waals surface area contributed by atoms with E-state index in [9.17, 15) is 0 Å². The Bertz CT molecular complexity index is 525. The molecule has 0 bridgehead atoms. The van der Waals surface area contributed by atoms with E-state index in [1.54, 1.807) is 0 Å². The highest BCUT2D eigenvalue weighted by atomic mass is 14.6. The van der Waals surface area contributed by atoms with Crippen molar-refractivity contribution in [2.45, 2.75) is 32.6 Å². The Morgan fingerprint density at radius 1 is 1.10 bits per heavy atom. The number of aromatic nitrogens is 2. The molecule has 0 aliphatic heterocycles. The Balaban J connectivity index is 2.37. The molecule has 2 atom stereocenters. The normalized spacial score (nSPS) is 13.9. The Kier molecular flexibility index (Phi) is 5.24. The van der Waals surface area contributed by atoms with Gasteiger partial charge in [-0.1, -0.05) is 20.3 Å². The summed E-state index contributed by atoms with van der Waals surface area (Å²) in [6.07, 6.45) is 9.70. The van der Waals surface area contributed by atoms with E-state index in [0.29, 0.717) is 11.8 Å². The van der Waals surface area contributed by atoms with Gasteiger partial charge in [-0.15, -0.1) is 0 Å². The summed E-state index contributed by atoms with van der Waals surface area (Å²) < 4.78 is 0. The first kappa shape index (κ1) is 14.7. The van der Waals surface area contributed by atoms with E-state index in [1.807, 2.05) is 36.9 Å². The molecule has 2 aromatic rings. The number of nitrogens with two attached hydrogens (primary N) is 1. The average molecular weight is 269 g/mol. The molecule has 2 N–H and O–H groups in total. The Morgan fingerprint density at radius 3 is 2.45 bits per heavy atom. The molecule has 3 heteroatoms. The number of hydrogen-bond donors (Lipinski definition) is 1. The van der Waals surface area contributed by atoms with Crippen molar-refractivity contribution in [1.29, 1.82) is 0 Å². The molecule has 20 heavy (non-hydrogen) atoms. The molecular weight excluding hydrogens is 246 g/mol. The molecule has 0 fully saturated rings. The molecule has 2 rings (SSSR count). The van der Waals surface area contributed by atoms with Gasteiger partial charge in [-0.3, -0.25) is 9.97 Å². The molecule has 2 aromatic heterocycles. The maximum atomic E-state index is 5.75. The van der Waals surface area contributed by atoms with Gasteiger partial charge in [0.15, 0.2) is 0 Å². The summed E-state index contributed by atoms with van der Waals surface area (Å²) in [5, 5.41) is 0. The first-order chi connectivity index (χ1) is 9.77. The standard InChI is InChI=1S/C17H23N3/c1-3-14(4-8-18)13(2)16-7-11-20-12-17(16)15-5-9-19-10-6-15/h5-7,9-14H,3-4,8,18H2,1-2H3. The largest absolute Gasteiger partial charge is 0.330 e. The van der Waals surface area contributed by atoms with Crippen molar-refractivity contribution in [3.05, 3.63) is 48.5 Å². The molecular formula is C17H23N3. The highest BCUT2D eigenvalue weighted by molar-refractivity contribution is 5.66. The molecule has 0 spiro atoms. The summed E-state index contributed by atoms with van der Waals surface area (Å²) in [5.74, 6) is 1.10. The lowest BCUT2D eigenvalue weighted by atomic mass is 9.81. The van der Waals surface area contributed by atoms with E-state index < -0.39 is 0 Å². The van der Waals surface area contributed by atoms with Gasteiger partial charge in [0.2, 0.25) is 0 Å². The smallest absolute Gasteiger partial charge is 0.0349 e. The number of hydrogen-bond acceptors (Lipinski definition) is 3. The van der Waals surface area contributed by atoms with Gasteiger partial charge in [0, 0.05) is 30.4 Å². The third kappa shape index (κ3) is 3.23. The fourth-order valence-corrected chi connectivity index (χ4v) is 2.85. The molecule has 2 unspecified atom stereocenters. The molecule has 0 aliphatic rings. The van der Waals surface area contributed by atoms with Crippen LogP contribution in [-0.2, 0) is 0 Å². The zero-order chi connectivity index (χ0) is 14.4. The lowest BCUT2D eigenvalue weighted by Gasteiger charge is -2.24. The van der Waals surface area contributed by atoms with Crippen molar-refractivity contribution >= 4 is 0 Å². The Hall–Kier alpha value is -1.74. The van der Waals surface area contributed by atoms with Gasteiger partial charge < -0.3 is 5.73 Å². The van der Waals surface area contributed by atoms with Crippen molar-refractivity contribution in [3.63, 3.8) is 0 Å². The average Bonchev–Trinajstić information content (AvgIpc) is 2.53. The zero-order valence-electron chi connectivity index (χ0n) is 12.3. The summed E-state index contributed by atoms with van der Waals surface area (Å²) in [7, 11) is 0. The summed E-state index contributed by atoms with van der Waals surface area (Å²) in [6.45, 7) is 5.28. The van der Waals surface area contributed by atoms with E-state index in [-0.39, 0.29) is 0 Å². The van der Waals surface area contributed by atoms with Gasteiger partial charge in [-0.25, -0.2) is 0 Å². The van der Waals surface area contributed by atoms with E-state index in [0.717, 1.165) is 19.4 Å². The van der Waals surface area contributed by atoms with Crippen LogP contribution in [0.3, 0.4) is 0 Å². The molecule has 3 nitrogen and oxygen atoms in total. The van der Waals surface area contributed by atoms with Gasteiger partial charge in [-0.05, 0) is 54.1 Å². The van der Waals surface area contributed by atoms with Crippen molar-refractivity contribution in [3.8, 4) is 11.1 Å². The molecule has 2 heterocycles. The molecule has 106 valence electrons. The third-order valence-corrected chi connectivity index (χ3v) is 4.11. The van der Waals surface area contributed by atoms with Crippen LogP contribution >= 0.6 is 0 Å². The first-order valence-corrected chi connectivity index (χ1v) is 7.32. The maximum absolute atomic E-state index is 5.75. The summed E-state index contributed by atoms with van der Waals surface area (Å²) in [6, 6.07) is 6.22. The van der Waals surface area contributed by atoms with Crippen molar-refractivity contribution in [2.75, 3.05) is 6.54 Å². The third-order valence-electron chi connectivity index (χ3n) is 4.11. The summed E-state index contributed by atoms with van der Waals surface area (Å²) in [5.41, 5.74) is 9.49. The highest BCUT2D eigenvalue weighted by Crippen LogP contribution is 2.34. The second-order valence-electron chi connectivity index (χ2n) is 5.23. The Morgan fingerprint density at radius 2 is 1.80 bits per heavy atom.